The number of hydrogen-bond acceptors (Lipinski definition) is 6. The minimum absolute atomic E-state index is 0.0968. The van der Waals surface area contributed by atoms with Gasteiger partial charge in [-0.15, -0.1) is 0 Å². The largest absolute Gasteiger partial charge is 0.461 e. The Hall–Kier alpha value is -2.25. The van der Waals surface area contributed by atoms with Crippen LogP contribution < -0.4 is 9.47 Å². The fourth-order valence-corrected chi connectivity index (χ4v) is 4.59. The molecular weight excluding hydrogens is 382 g/mol. The highest BCUT2D eigenvalue weighted by atomic mass is 32.2. The highest BCUT2D eigenvalue weighted by Gasteiger charge is 2.37. The van der Waals surface area contributed by atoms with Crippen LogP contribution in [0.4, 0.5) is 0 Å². The molecule has 2 atom stereocenters. The number of fused-ring (bicyclic) bond motifs is 1. The van der Waals surface area contributed by atoms with Crippen molar-refractivity contribution in [2.24, 2.45) is 5.92 Å². The summed E-state index contributed by atoms with van der Waals surface area (Å²) in [7, 11) is 0. The normalized spacial score (nSPS) is 24.9. The maximum Gasteiger partial charge on any atom is 0.266 e. The van der Waals surface area contributed by atoms with Gasteiger partial charge in [0.05, 0.1) is 11.4 Å². The van der Waals surface area contributed by atoms with Crippen molar-refractivity contribution in [3.63, 3.8) is 0 Å². The summed E-state index contributed by atoms with van der Waals surface area (Å²) < 4.78 is 17.2. The molecule has 1 aliphatic carbocycles. The van der Waals surface area contributed by atoms with Crippen LogP contribution in [0.15, 0.2) is 39.7 Å². The molecule has 1 saturated carbocycles. The van der Waals surface area contributed by atoms with Crippen molar-refractivity contribution in [3.8, 4) is 11.5 Å². The van der Waals surface area contributed by atoms with E-state index in [-0.39, 0.29) is 12.7 Å². The summed E-state index contributed by atoms with van der Waals surface area (Å²) in [5, 5.41) is 0. The smallest absolute Gasteiger partial charge is 0.266 e. The molecule has 1 amide bonds. The number of hydrogen-bond donors (Lipinski definition) is 0. The van der Waals surface area contributed by atoms with Crippen LogP contribution in [0.1, 0.15) is 36.3 Å². The van der Waals surface area contributed by atoms with E-state index in [0.29, 0.717) is 39.1 Å². The minimum atomic E-state index is -0.0968. The molecule has 3 aliphatic rings. The van der Waals surface area contributed by atoms with Gasteiger partial charge in [-0.2, -0.15) is 0 Å². The molecule has 0 spiro atoms. The highest BCUT2D eigenvalue weighted by molar-refractivity contribution is 8.26. The van der Waals surface area contributed by atoms with Crippen LogP contribution in [-0.2, 0) is 11.3 Å². The van der Waals surface area contributed by atoms with Gasteiger partial charge < -0.3 is 13.9 Å². The molecule has 5 nitrogen and oxygen atoms in total. The zero-order valence-electron chi connectivity index (χ0n) is 14.6. The standard InChI is InChI=1S/C20H17NO4S2/c1-11-6-14(11)15-5-3-13(25-15)8-18-19(22)21(20(26)27-18)9-12-2-4-16-17(7-12)24-10-23-16/h2-5,7-8,11,14H,6,9-10H2,1H3/b18-8-. The Morgan fingerprint density at radius 2 is 2.07 bits per heavy atom. The van der Waals surface area contributed by atoms with Gasteiger partial charge in [0, 0.05) is 12.0 Å². The van der Waals surface area contributed by atoms with Crippen molar-refractivity contribution < 1.29 is 18.7 Å². The Morgan fingerprint density at radius 1 is 1.26 bits per heavy atom. The number of carbonyl (C=O) groups is 1. The number of carbonyl (C=O) groups excluding carboxylic acids is 1. The lowest BCUT2D eigenvalue weighted by Gasteiger charge is -2.14. The number of amides is 1. The lowest BCUT2D eigenvalue weighted by molar-refractivity contribution is -0.122. The van der Waals surface area contributed by atoms with Crippen LogP contribution in [0.25, 0.3) is 6.08 Å². The number of nitrogens with zero attached hydrogens (tertiary/aromatic N) is 1. The SMILES string of the molecule is CC1CC1c1ccc(/C=C2\SC(=S)N(Cc3ccc4c(c3)OCO4)C2=O)o1. The highest BCUT2D eigenvalue weighted by Crippen LogP contribution is 2.47. The van der Waals surface area contributed by atoms with E-state index in [9.17, 15) is 4.79 Å². The molecule has 138 valence electrons. The van der Waals surface area contributed by atoms with Crippen LogP contribution in [-0.4, -0.2) is 21.9 Å². The molecule has 0 bridgehead atoms. The van der Waals surface area contributed by atoms with E-state index in [1.807, 2.05) is 30.3 Å². The van der Waals surface area contributed by atoms with Crippen LogP contribution in [0.2, 0.25) is 0 Å². The minimum Gasteiger partial charge on any atom is -0.461 e. The van der Waals surface area contributed by atoms with Gasteiger partial charge in [0.25, 0.3) is 5.91 Å². The van der Waals surface area contributed by atoms with Gasteiger partial charge in [-0.3, -0.25) is 9.69 Å². The molecule has 2 aromatic rings. The van der Waals surface area contributed by atoms with E-state index < -0.39 is 0 Å². The zero-order valence-corrected chi connectivity index (χ0v) is 16.3. The molecule has 0 radical (unpaired) electrons. The molecule has 1 saturated heterocycles. The first-order valence-corrected chi connectivity index (χ1v) is 10.0. The molecule has 1 aromatic carbocycles. The summed E-state index contributed by atoms with van der Waals surface area (Å²) in [6.07, 6.45) is 2.96. The number of thiocarbonyl (C=S) groups is 1. The summed E-state index contributed by atoms with van der Waals surface area (Å²) >= 11 is 6.73. The van der Waals surface area contributed by atoms with Crippen molar-refractivity contribution in [3.05, 3.63) is 52.3 Å². The van der Waals surface area contributed by atoms with Gasteiger partial charge >= 0.3 is 0 Å². The van der Waals surface area contributed by atoms with Crippen molar-refractivity contribution in [2.45, 2.75) is 25.8 Å². The van der Waals surface area contributed by atoms with Crippen molar-refractivity contribution >= 4 is 40.3 Å². The third-order valence-electron chi connectivity index (χ3n) is 5.05. The van der Waals surface area contributed by atoms with Gasteiger partial charge in [0.15, 0.2) is 11.5 Å². The van der Waals surface area contributed by atoms with Crippen molar-refractivity contribution in [2.75, 3.05) is 6.79 Å². The van der Waals surface area contributed by atoms with E-state index in [2.05, 4.69) is 6.92 Å². The molecule has 3 heterocycles. The summed E-state index contributed by atoms with van der Waals surface area (Å²) in [6, 6.07) is 9.60. The van der Waals surface area contributed by atoms with Gasteiger partial charge in [-0.1, -0.05) is 37.0 Å². The number of ether oxygens (including phenoxy) is 2. The Labute approximate surface area is 166 Å². The first-order chi connectivity index (χ1) is 13.1. The second kappa shape index (κ2) is 6.42. The fraction of sp³-hybridized carbons (Fsp3) is 0.300. The van der Waals surface area contributed by atoms with E-state index in [4.69, 9.17) is 26.1 Å². The molecule has 5 rings (SSSR count). The lowest BCUT2D eigenvalue weighted by Crippen LogP contribution is -2.27. The Morgan fingerprint density at radius 3 is 2.89 bits per heavy atom. The summed E-state index contributed by atoms with van der Waals surface area (Å²) in [4.78, 5) is 15.0. The van der Waals surface area contributed by atoms with Crippen LogP contribution in [0.5, 0.6) is 11.5 Å². The molecule has 2 aliphatic heterocycles. The average Bonchev–Trinajstić information content (AvgIpc) is 3.03. The third-order valence-corrected chi connectivity index (χ3v) is 6.42. The van der Waals surface area contributed by atoms with Gasteiger partial charge in [-0.25, -0.2) is 0 Å². The average molecular weight is 399 g/mol. The maximum atomic E-state index is 12.8. The van der Waals surface area contributed by atoms with E-state index in [1.165, 1.54) is 18.2 Å². The number of benzene rings is 1. The Bertz CT molecular complexity index is 980. The number of thioether (sulfide) groups is 1. The van der Waals surface area contributed by atoms with E-state index >= 15 is 0 Å². The fourth-order valence-electron chi connectivity index (χ4n) is 3.35. The van der Waals surface area contributed by atoms with Crippen LogP contribution in [0, 0.1) is 5.92 Å². The summed E-state index contributed by atoms with van der Waals surface area (Å²) in [5.41, 5.74) is 0.944. The molecule has 27 heavy (non-hydrogen) atoms. The van der Waals surface area contributed by atoms with E-state index in [0.717, 1.165) is 17.1 Å². The second-order valence-corrected chi connectivity index (χ2v) is 8.69. The Kier molecular flexibility index (Phi) is 4.02. The van der Waals surface area contributed by atoms with Crippen molar-refractivity contribution in [1.29, 1.82) is 0 Å². The van der Waals surface area contributed by atoms with Gasteiger partial charge in [0.1, 0.15) is 15.8 Å². The van der Waals surface area contributed by atoms with Crippen LogP contribution in [0.3, 0.4) is 0 Å². The number of rotatable bonds is 4. The van der Waals surface area contributed by atoms with E-state index in [1.54, 1.807) is 11.0 Å². The van der Waals surface area contributed by atoms with Crippen LogP contribution >= 0.6 is 24.0 Å². The van der Waals surface area contributed by atoms with Gasteiger partial charge in [0.2, 0.25) is 6.79 Å². The van der Waals surface area contributed by atoms with Gasteiger partial charge in [-0.05, 0) is 42.2 Å². The molecule has 7 heteroatoms. The monoisotopic (exact) mass is 399 g/mol. The topological polar surface area (TPSA) is 51.9 Å². The summed E-state index contributed by atoms with van der Waals surface area (Å²) in [5.74, 6) is 4.24. The predicted octanol–water partition coefficient (Wildman–Crippen LogP) is 4.53. The number of furan rings is 1. The molecule has 2 unspecified atom stereocenters. The van der Waals surface area contributed by atoms with Crippen molar-refractivity contribution in [1.82, 2.24) is 4.90 Å². The molecule has 1 aromatic heterocycles. The molecule has 2 fully saturated rings. The first kappa shape index (κ1) is 16.9. The summed E-state index contributed by atoms with van der Waals surface area (Å²) in [6.45, 7) is 2.85. The molecular formula is C20H17NO4S2. The Balaban J connectivity index is 1.33. The third kappa shape index (κ3) is 3.15. The zero-order chi connectivity index (χ0) is 18.5. The predicted molar refractivity (Wildman–Crippen MR) is 107 cm³/mol. The lowest BCUT2D eigenvalue weighted by atomic mass is 10.2. The maximum absolute atomic E-state index is 12.8. The second-order valence-electron chi connectivity index (χ2n) is 7.02. The quantitative estimate of drug-likeness (QED) is 0.556. The molecule has 0 N–H and O–H groups in total. The first-order valence-electron chi connectivity index (χ1n) is 8.82.